The van der Waals surface area contributed by atoms with E-state index in [0.717, 1.165) is 12.1 Å². The Hall–Kier alpha value is -0.860. The van der Waals surface area contributed by atoms with Crippen molar-refractivity contribution in [3.05, 3.63) is 34.4 Å². The summed E-state index contributed by atoms with van der Waals surface area (Å²) in [6.45, 7) is 14.6. The average Bonchev–Trinajstić information content (AvgIpc) is 2.10. The van der Waals surface area contributed by atoms with Crippen LogP contribution >= 0.6 is 0 Å². The van der Waals surface area contributed by atoms with Gasteiger partial charge in [0.1, 0.15) is 0 Å². The lowest BCUT2D eigenvalue weighted by Crippen LogP contribution is -2.33. The fourth-order valence-electron chi connectivity index (χ4n) is 2.98. The number of rotatable bonds is 4. The maximum atomic E-state index is 10.5. The van der Waals surface area contributed by atoms with Crippen LogP contribution in [0.3, 0.4) is 0 Å². The molecule has 108 valence electrons. The number of benzene rings is 1. The second-order valence-corrected chi connectivity index (χ2v) is 7.09. The van der Waals surface area contributed by atoms with Crippen LogP contribution < -0.4 is 0 Å². The molecule has 0 aliphatic rings. The van der Waals surface area contributed by atoms with Crippen molar-refractivity contribution < 1.29 is 5.11 Å². The zero-order valence-electron chi connectivity index (χ0n) is 13.5. The van der Waals surface area contributed by atoms with Crippen molar-refractivity contribution >= 4 is 0 Å². The number of likely N-dealkylation sites (N-methyl/N-ethyl adjacent to an activating group) is 1. The van der Waals surface area contributed by atoms with Crippen LogP contribution in [0.15, 0.2) is 12.1 Å². The molecule has 0 heterocycles. The topological polar surface area (TPSA) is 23.5 Å². The van der Waals surface area contributed by atoms with Gasteiger partial charge in [0.15, 0.2) is 0 Å². The summed E-state index contributed by atoms with van der Waals surface area (Å²) < 4.78 is 0. The SMILES string of the molecule is Cc1cc(C)c(C(O)CN(C)CC(C)(C)C)c(C)c1. The zero-order chi connectivity index (χ0) is 14.8. The predicted octanol–water partition coefficient (Wildman–Crippen LogP) is 3.62. The number of aliphatic hydroxyl groups is 1. The van der Waals surface area contributed by atoms with Gasteiger partial charge in [-0.1, -0.05) is 38.5 Å². The summed E-state index contributed by atoms with van der Waals surface area (Å²) in [5.74, 6) is 0. The Morgan fingerprint density at radius 1 is 1.11 bits per heavy atom. The van der Waals surface area contributed by atoms with Gasteiger partial charge in [0.05, 0.1) is 6.10 Å². The van der Waals surface area contributed by atoms with Crippen molar-refractivity contribution in [1.29, 1.82) is 0 Å². The molecule has 0 bridgehead atoms. The summed E-state index contributed by atoms with van der Waals surface area (Å²) in [7, 11) is 2.08. The Bertz CT molecular complexity index is 408. The van der Waals surface area contributed by atoms with Crippen LogP contribution in [-0.2, 0) is 0 Å². The van der Waals surface area contributed by atoms with Gasteiger partial charge in [0, 0.05) is 13.1 Å². The first kappa shape index (κ1) is 16.2. The molecule has 2 nitrogen and oxygen atoms in total. The Labute approximate surface area is 118 Å². The number of aliphatic hydroxyl groups excluding tert-OH is 1. The Morgan fingerprint density at radius 3 is 2.00 bits per heavy atom. The molecule has 0 spiro atoms. The fourth-order valence-corrected chi connectivity index (χ4v) is 2.98. The second-order valence-electron chi connectivity index (χ2n) is 7.09. The molecule has 0 saturated carbocycles. The second kappa shape index (κ2) is 6.06. The van der Waals surface area contributed by atoms with Crippen LogP contribution in [0.5, 0.6) is 0 Å². The lowest BCUT2D eigenvalue weighted by Gasteiger charge is -2.29. The van der Waals surface area contributed by atoms with Crippen molar-refractivity contribution in [3.63, 3.8) is 0 Å². The molecule has 1 aromatic carbocycles. The third kappa shape index (κ3) is 4.96. The van der Waals surface area contributed by atoms with E-state index in [2.05, 4.69) is 65.6 Å². The van der Waals surface area contributed by atoms with E-state index in [1.165, 1.54) is 16.7 Å². The maximum Gasteiger partial charge on any atom is 0.0921 e. The molecule has 1 rings (SSSR count). The maximum absolute atomic E-state index is 10.5. The summed E-state index contributed by atoms with van der Waals surface area (Å²) in [5, 5.41) is 10.5. The molecular formula is C17H29NO. The standard InChI is InChI=1S/C17H29NO/c1-12-8-13(2)16(14(3)9-12)15(19)10-18(7)11-17(4,5)6/h8-9,15,19H,10-11H2,1-7H3. The van der Waals surface area contributed by atoms with Gasteiger partial charge >= 0.3 is 0 Å². The first-order valence-corrected chi connectivity index (χ1v) is 7.04. The Balaban J connectivity index is 2.81. The average molecular weight is 263 g/mol. The van der Waals surface area contributed by atoms with Crippen molar-refractivity contribution in [2.75, 3.05) is 20.1 Å². The highest BCUT2D eigenvalue weighted by molar-refractivity contribution is 5.39. The highest BCUT2D eigenvalue weighted by Gasteiger charge is 2.19. The summed E-state index contributed by atoms with van der Waals surface area (Å²) >= 11 is 0. The summed E-state index contributed by atoms with van der Waals surface area (Å²) in [6, 6.07) is 4.30. The van der Waals surface area contributed by atoms with Crippen molar-refractivity contribution in [1.82, 2.24) is 4.90 Å². The molecule has 1 N–H and O–H groups in total. The molecule has 0 saturated heterocycles. The number of aryl methyl sites for hydroxylation is 3. The predicted molar refractivity (Wildman–Crippen MR) is 82.6 cm³/mol. The lowest BCUT2D eigenvalue weighted by atomic mass is 9.94. The molecule has 0 aromatic heterocycles. The van der Waals surface area contributed by atoms with Crippen molar-refractivity contribution in [3.8, 4) is 0 Å². The molecule has 19 heavy (non-hydrogen) atoms. The van der Waals surface area contributed by atoms with Gasteiger partial charge in [-0.3, -0.25) is 0 Å². The zero-order valence-corrected chi connectivity index (χ0v) is 13.5. The Kier molecular flexibility index (Phi) is 5.17. The van der Waals surface area contributed by atoms with E-state index in [1.807, 2.05) is 0 Å². The van der Waals surface area contributed by atoms with Gasteiger partial charge < -0.3 is 10.0 Å². The smallest absolute Gasteiger partial charge is 0.0921 e. The minimum Gasteiger partial charge on any atom is -0.387 e. The fraction of sp³-hybridized carbons (Fsp3) is 0.647. The molecule has 1 atom stereocenters. The number of nitrogens with zero attached hydrogens (tertiary/aromatic N) is 1. The van der Waals surface area contributed by atoms with E-state index in [9.17, 15) is 5.11 Å². The third-order valence-corrected chi connectivity index (χ3v) is 3.30. The first-order chi connectivity index (χ1) is 8.60. The van der Waals surface area contributed by atoms with E-state index < -0.39 is 6.10 Å². The van der Waals surface area contributed by atoms with Gasteiger partial charge in [0.2, 0.25) is 0 Å². The van der Waals surface area contributed by atoms with E-state index in [1.54, 1.807) is 0 Å². The van der Waals surface area contributed by atoms with Crippen LogP contribution in [0.4, 0.5) is 0 Å². The molecule has 0 radical (unpaired) electrons. The highest BCUT2D eigenvalue weighted by Crippen LogP contribution is 2.25. The lowest BCUT2D eigenvalue weighted by molar-refractivity contribution is 0.107. The molecule has 0 amide bonds. The summed E-state index contributed by atoms with van der Waals surface area (Å²) in [5.41, 5.74) is 4.98. The molecular weight excluding hydrogens is 234 g/mol. The third-order valence-electron chi connectivity index (χ3n) is 3.30. The molecule has 0 aliphatic carbocycles. The first-order valence-electron chi connectivity index (χ1n) is 7.04. The van der Waals surface area contributed by atoms with Gasteiger partial charge in [-0.05, 0) is 49.9 Å². The van der Waals surface area contributed by atoms with Crippen LogP contribution in [0.25, 0.3) is 0 Å². The molecule has 0 aliphatic heterocycles. The number of hydrogen-bond donors (Lipinski definition) is 1. The minimum absolute atomic E-state index is 0.256. The number of hydrogen-bond acceptors (Lipinski definition) is 2. The van der Waals surface area contributed by atoms with E-state index in [4.69, 9.17) is 0 Å². The van der Waals surface area contributed by atoms with E-state index in [-0.39, 0.29) is 5.41 Å². The van der Waals surface area contributed by atoms with E-state index >= 15 is 0 Å². The van der Waals surface area contributed by atoms with Gasteiger partial charge in [-0.25, -0.2) is 0 Å². The van der Waals surface area contributed by atoms with Gasteiger partial charge in [-0.2, -0.15) is 0 Å². The van der Waals surface area contributed by atoms with Gasteiger partial charge in [0.25, 0.3) is 0 Å². The van der Waals surface area contributed by atoms with Crippen LogP contribution in [0.2, 0.25) is 0 Å². The molecule has 1 unspecified atom stereocenters. The van der Waals surface area contributed by atoms with Crippen LogP contribution in [0.1, 0.15) is 49.1 Å². The molecule has 1 aromatic rings. The molecule has 2 heteroatoms. The van der Waals surface area contributed by atoms with Crippen molar-refractivity contribution in [2.24, 2.45) is 5.41 Å². The normalized spacial score (nSPS) is 13.9. The van der Waals surface area contributed by atoms with Crippen LogP contribution in [0, 0.1) is 26.2 Å². The van der Waals surface area contributed by atoms with Gasteiger partial charge in [-0.15, -0.1) is 0 Å². The summed E-state index contributed by atoms with van der Waals surface area (Å²) in [6.07, 6.45) is -0.409. The minimum atomic E-state index is -0.409. The quantitative estimate of drug-likeness (QED) is 0.897. The van der Waals surface area contributed by atoms with Crippen molar-refractivity contribution in [2.45, 2.75) is 47.6 Å². The monoisotopic (exact) mass is 263 g/mol. The van der Waals surface area contributed by atoms with Crippen LogP contribution in [-0.4, -0.2) is 30.1 Å². The Morgan fingerprint density at radius 2 is 1.58 bits per heavy atom. The summed E-state index contributed by atoms with van der Waals surface area (Å²) in [4.78, 5) is 2.21. The largest absolute Gasteiger partial charge is 0.387 e. The highest BCUT2D eigenvalue weighted by atomic mass is 16.3. The molecule has 0 fully saturated rings. The van der Waals surface area contributed by atoms with E-state index in [0.29, 0.717) is 6.54 Å².